The molecule has 0 spiro atoms. The summed E-state index contributed by atoms with van der Waals surface area (Å²) >= 11 is 6.22. The maximum absolute atomic E-state index is 12.4. The second kappa shape index (κ2) is 9.15. The minimum atomic E-state index is -0.171. The molecule has 2 aromatic rings. The Morgan fingerprint density at radius 2 is 1.73 bits per heavy atom. The van der Waals surface area contributed by atoms with Gasteiger partial charge in [0, 0.05) is 5.56 Å². The molecular formula is C20H21ClO5. The van der Waals surface area contributed by atoms with Crippen LogP contribution in [0.1, 0.15) is 22.8 Å². The minimum Gasteiger partial charge on any atom is -0.493 e. The number of ketones is 1. The van der Waals surface area contributed by atoms with Gasteiger partial charge in [0.2, 0.25) is 0 Å². The van der Waals surface area contributed by atoms with Crippen molar-refractivity contribution in [3.8, 4) is 23.0 Å². The first-order chi connectivity index (χ1) is 12.5. The van der Waals surface area contributed by atoms with Gasteiger partial charge >= 0.3 is 0 Å². The van der Waals surface area contributed by atoms with Gasteiger partial charge in [-0.25, -0.2) is 0 Å². The first kappa shape index (κ1) is 19.7. The van der Waals surface area contributed by atoms with Gasteiger partial charge in [-0.15, -0.1) is 0 Å². The number of halogens is 1. The molecule has 0 radical (unpaired) electrons. The van der Waals surface area contributed by atoms with Crippen molar-refractivity contribution in [1.82, 2.24) is 0 Å². The largest absolute Gasteiger partial charge is 0.493 e. The fraction of sp³-hybridized carbons (Fsp3) is 0.250. The van der Waals surface area contributed by atoms with E-state index in [0.717, 1.165) is 5.56 Å². The molecule has 0 amide bonds. The highest BCUT2D eigenvalue weighted by Gasteiger charge is 2.12. The van der Waals surface area contributed by atoms with E-state index in [2.05, 4.69) is 0 Å². The van der Waals surface area contributed by atoms with Crippen LogP contribution in [-0.2, 0) is 0 Å². The molecule has 0 fully saturated rings. The van der Waals surface area contributed by atoms with Gasteiger partial charge in [-0.2, -0.15) is 0 Å². The Hall–Kier alpha value is -2.66. The average Bonchev–Trinajstić information content (AvgIpc) is 2.65. The number of allylic oxidation sites excluding steroid dienone is 1. The van der Waals surface area contributed by atoms with Crippen molar-refractivity contribution in [2.24, 2.45) is 0 Å². The third-order valence-corrected chi connectivity index (χ3v) is 3.91. The normalized spacial score (nSPS) is 10.7. The minimum absolute atomic E-state index is 0.171. The number of ether oxygens (including phenoxy) is 4. The van der Waals surface area contributed by atoms with Crippen LogP contribution in [0.3, 0.4) is 0 Å². The van der Waals surface area contributed by atoms with E-state index < -0.39 is 0 Å². The summed E-state index contributed by atoms with van der Waals surface area (Å²) in [5.41, 5.74) is 1.22. The second-order valence-corrected chi connectivity index (χ2v) is 5.64. The zero-order chi connectivity index (χ0) is 19.1. The molecule has 0 saturated heterocycles. The number of carbonyl (C=O) groups is 1. The van der Waals surface area contributed by atoms with Crippen molar-refractivity contribution in [2.75, 3.05) is 27.9 Å². The number of benzene rings is 2. The molecule has 0 unspecified atom stereocenters. The standard InChI is InChI=1S/C20H21ClO5/c1-5-26-19-11-13(10-15(21)20(19)25-4)6-8-16(22)14-7-9-17(23-2)18(12-14)24-3/h6-12H,5H2,1-4H3. The maximum Gasteiger partial charge on any atom is 0.185 e. The summed E-state index contributed by atoms with van der Waals surface area (Å²) in [4.78, 5) is 12.4. The third kappa shape index (κ3) is 4.49. The molecule has 0 aliphatic heterocycles. The Morgan fingerprint density at radius 3 is 2.35 bits per heavy atom. The average molecular weight is 377 g/mol. The van der Waals surface area contributed by atoms with Crippen LogP contribution >= 0.6 is 11.6 Å². The summed E-state index contributed by atoms with van der Waals surface area (Å²) in [5, 5.41) is 0.414. The summed E-state index contributed by atoms with van der Waals surface area (Å²) in [6.45, 7) is 2.35. The van der Waals surface area contributed by atoms with E-state index in [9.17, 15) is 4.79 Å². The van der Waals surface area contributed by atoms with E-state index in [0.29, 0.717) is 40.2 Å². The molecule has 0 heterocycles. The number of methoxy groups -OCH3 is 3. The molecule has 6 heteroatoms. The molecule has 0 aliphatic rings. The highest BCUT2D eigenvalue weighted by molar-refractivity contribution is 6.32. The molecule has 0 aromatic heterocycles. The molecule has 0 saturated carbocycles. The summed E-state index contributed by atoms with van der Waals surface area (Å²) in [7, 11) is 4.60. The lowest BCUT2D eigenvalue weighted by Gasteiger charge is -2.11. The molecule has 2 rings (SSSR count). The highest BCUT2D eigenvalue weighted by Crippen LogP contribution is 2.36. The Balaban J connectivity index is 2.27. The number of carbonyl (C=O) groups excluding carboxylic acids is 1. The molecule has 0 N–H and O–H groups in total. The van der Waals surface area contributed by atoms with E-state index in [1.807, 2.05) is 6.92 Å². The first-order valence-electron chi connectivity index (χ1n) is 7.98. The molecule has 2 aromatic carbocycles. The van der Waals surface area contributed by atoms with Gasteiger partial charge in [-0.3, -0.25) is 4.79 Å². The molecule has 5 nitrogen and oxygen atoms in total. The highest BCUT2D eigenvalue weighted by atomic mass is 35.5. The smallest absolute Gasteiger partial charge is 0.185 e. The van der Waals surface area contributed by atoms with Crippen LogP contribution in [0, 0.1) is 0 Å². The predicted octanol–water partition coefficient (Wildman–Crippen LogP) is 4.66. The number of hydrogen-bond donors (Lipinski definition) is 0. The zero-order valence-corrected chi connectivity index (χ0v) is 15.9. The monoisotopic (exact) mass is 376 g/mol. The quantitative estimate of drug-likeness (QED) is 0.495. The summed E-state index contributed by atoms with van der Waals surface area (Å²) in [6.07, 6.45) is 3.14. The third-order valence-electron chi connectivity index (χ3n) is 3.63. The fourth-order valence-electron chi connectivity index (χ4n) is 2.40. The number of hydrogen-bond acceptors (Lipinski definition) is 5. The van der Waals surface area contributed by atoms with Crippen molar-refractivity contribution in [3.05, 3.63) is 52.6 Å². The van der Waals surface area contributed by atoms with Gasteiger partial charge < -0.3 is 18.9 Å². The lowest BCUT2D eigenvalue weighted by atomic mass is 10.1. The first-order valence-corrected chi connectivity index (χ1v) is 8.36. The van der Waals surface area contributed by atoms with Crippen LogP contribution in [0.15, 0.2) is 36.4 Å². The number of rotatable bonds is 8. The zero-order valence-electron chi connectivity index (χ0n) is 15.2. The summed E-state index contributed by atoms with van der Waals surface area (Å²) < 4.78 is 21.2. The van der Waals surface area contributed by atoms with Gasteiger partial charge in [-0.05, 0) is 48.9 Å². The van der Waals surface area contributed by atoms with E-state index >= 15 is 0 Å². The molecule has 0 aliphatic carbocycles. The lowest BCUT2D eigenvalue weighted by Crippen LogP contribution is -1.98. The Labute approximate surface area is 158 Å². The van der Waals surface area contributed by atoms with Gasteiger partial charge in [0.05, 0.1) is 33.0 Å². The van der Waals surface area contributed by atoms with Crippen LogP contribution in [-0.4, -0.2) is 33.7 Å². The van der Waals surface area contributed by atoms with Crippen LogP contribution in [0.4, 0.5) is 0 Å². The molecule has 0 bridgehead atoms. The van der Waals surface area contributed by atoms with Gasteiger partial charge in [0.25, 0.3) is 0 Å². The lowest BCUT2D eigenvalue weighted by molar-refractivity contribution is 0.104. The van der Waals surface area contributed by atoms with Crippen molar-refractivity contribution >= 4 is 23.5 Å². The van der Waals surface area contributed by atoms with Crippen LogP contribution in [0.2, 0.25) is 5.02 Å². The predicted molar refractivity (Wildman–Crippen MR) is 102 cm³/mol. The van der Waals surface area contributed by atoms with Crippen LogP contribution in [0.25, 0.3) is 6.08 Å². The molecule has 26 heavy (non-hydrogen) atoms. The van der Waals surface area contributed by atoms with Crippen molar-refractivity contribution in [3.63, 3.8) is 0 Å². The SMILES string of the molecule is CCOc1cc(C=CC(=O)c2ccc(OC)c(OC)c2)cc(Cl)c1OC. The van der Waals surface area contributed by atoms with Crippen molar-refractivity contribution < 1.29 is 23.7 Å². The Kier molecular flexibility index (Phi) is 6.92. The van der Waals surface area contributed by atoms with Crippen LogP contribution < -0.4 is 18.9 Å². The summed E-state index contributed by atoms with van der Waals surface area (Å²) in [5.74, 6) is 1.89. The van der Waals surface area contributed by atoms with E-state index in [-0.39, 0.29) is 5.78 Å². The topological polar surface area (TPSA) is 54.0 Å². The Bertz CT molecular complexity index is 814. The summed E-state index contributed by atoms with van der Waals surface area (Å²) in [6, 6.07) is 8.49. The van der Waals surface area contributed by atoms with Gasteiger partial charge in [0.15, 0.2) is 28.8 Å². The van der Waals surface area contributed by atoms with Crippen molar-refractivity contribution in [1.29, 1.82) is 0 Å². The maximum atomic E-state index is 12.4. The molecule has 138 valence electrons. The fourth-order valence-corrected chi connectivity index (χ4v) is 2.70. The van der Waals surface area contributed by atoms with Crippen LogP contribution in [0.5, 0.6) is 23.0 Å². The Morgan fingerprint density at radius 1 is 1.00 bits per heavy atom. The van der Waals surface area contributed by atoms with E-state index in [4.69, 9.17) is 30.5 Å². The van der Waals surface area contributed by atoms with E-state index in [1.165, 1.54) is 20.3 Å². The van der Waals surface area contributed by atoms with E-state index in [1.54, 1.807) is 43.5 Å². The van der Waals surface area contributed by atoms with Crippen molar-refractivity contribution in [2.45, 2.75) is 6.92 Å². The molecular weight excluding hydrogens is 356 g/mol. The molecule has 0 atom stereocenters. The van der Waals surface area contributed by atoms with Gasteiger partial charge in [-0.1, -0.05) is 17.7 Å². The second-order valence-electron chi connectivity index (χ2n) is 5.23. The van der Waals surface area contributed by atoms with Gasteiger partial charge in [0.1, 0.15) is 0 Å².